The van der Waals surface area contributed by atoms with Crippen LogP contribution >= 0.6 is 0 Å². The van der Waals surface area contributed by atoms with Gasteiger partial charge in [0.1, 0.15) is 11.2 Å². The van der Waals surface area contributed by atoms with Gasteiger partial charge in [-0.1, -0.05) is 164 Å². The smallest absolute Gasteiger partial charge is 0.164 e. The normalized spacial score (nSPS) is 11.9. The molecule has 0 fully saturated rings. The summed E-state index contributed by atoms with van der Waals surface area (Å²) in [6.45, 7) is 0. The molecule has 288 valence electrons. The van der Waals surface area contributed by atoms with Crippen LogP contribution in [-0.2, 0) is 0 Å². The molecule has 13 rings (SSSR count). The van der Waals surface area contributed by atoms with Crippen LogP contribution < -0.4 is 0 Å². The van der Waals surface area contributed by atoms with Gasteiger partial charge in [0.2, 0.25) is 0 Å². The Labute approximate surface area is 355 Å². The molecule has 0 aliphatic carbocycles. The van der Waals surface area contributed by atoms with E-state index in [9.17, 15) is 0 Å². The van der Waals surface area contributed by atoms with Crippen molar-refractivity contribution >= 4 is 76.1 Å². The van der Waals surface area contributed by atoms with Crippen LogP contribution in [0.4, 0.5) is 0 Å². The van der Waals surface area contributed by atoms with Crippen LogP contribution in [0.25, 0.3) is 127 Å². The Bertz CT molecular complexity index is 3920. The molecule has 13 aromatic rings. The van der Waals surface area contributed by atoms with E-state index in [-0.39, 0.29) is 0 Å². The van der Waals surface area contributed by atoms with E-state index in [1.807, 2.05) is 24.3 Å². The lowest BCUT2D eigenvalue weighted by Gasteiger charge is -2.15. The summed E-state index contributed by atoms with van der Waals surface area (Å²) in [7, 11) is 0. The van der Waals surface area contributed by atoms with E-state index >= 15 is 0 Å². The molecule has 0 bridgehead atoms. The maximum Gasteiger partial charge on any atom is 0.164 e. The van der Waals surface area contributed by atoms with Gasteiger partial charge in [-0.15, -0.1) is 0 Å². The highest BCUT2D eigenvalue weighted by Crippen LogP contribution is 2.43. The molecule has 5 nitrogen and oxygen atoms in total. The van der Waals surface area contributed by atoms with E-state index in [4.69, 9.17) is 19.4 Å². The number of nitrogens with zero attached hydrogens (tertiary/aromatic N) is 4. The van der Waals surface area contributed by atoms with Gasteiger partial charge in [0.15, 0.2) is 17.5 Å². The molecular weight excluding hydrogens is 757 g/mol. The highest BCUT2D eigenvalue weighted by atomic mass is 16.3. The van der Waals surface area contributed by atoms with Crippen molar-refractivity contribution in [3.63, 3.8) is 0 Å². The fourth-order valence-electron chi connectivity index (χ4n) is 9.56. The lowest BCUT2D eigenvalue weighted by atomic mass is 9.94. The van der Waals surface area contributed by atoms with Crippen LogP contribution in [-0.4, -0.2) is 19.5 Å². The van der Waals surface area contributed by atoms with E-state index < -0.39 is 0 Å². The van der Waals surface area contributed by atoms with Crippen molar-refractivity contribution < 1.29 is 4.42 Å². The fourth-order valence-corrected chi connectivity index (χ4v) is 9.56. The predicted octanol–water partition coefficient (Wildman–Crippen LogP) is 15.0. The molecule has 0 N–H and O–H groups in total. The number of hydrogen-bond donors (Lipinski definition) is 0. The highest BCUT2D eigenvalue weighted by molar-refractivity contribution is 6.22. The average Bonchev–Trinajstić information content (AvgIpc) is 3.88. The van der Waals surface area contributed by atoms with Crippen LogP contribution in [0, 0.1) is 0 Å². The third-order valence-corrected chi connectivity index (χ3v) is 12.4. The van der Waals surface area contributed by atoms with E-state index in [0.717, 1.165) is 76.9 Å². The van der Waals surface area contributed by atoms with E-state index in [2.05, 4.69) is 187 Å². The Morgan fingerprint density at radius 2 is 0.919 bits per heavy atom. The van der Waals surface area contributed by atoms with Gasteiger partial charge in [0, 0.05) is 49.7 Å². The Morgan fingerprint density at radius 3 is 1.71 bits per heavy atom. The molecule has 62 heavy (non-hydrogen) atoms. The zero-order valence-electron chi connectivity index (χ0n) is 33.3. The molecule has 0 aliphatic heterocycles. The number of rotatable bonds is 5. The molecule has 0 radical (unpaired) electrons. The molecule has 3 aromatic heterocycles. The number of furan rings is 1. The Kier molecular flexibility index (Phi) is 7.54. The van der Waals surface area contributed by atoms with Crippen LogP contribution in [0.2, 0.25) is 0 Å². The monoisotopic (exact) mass is 790 g/mol. The SMILES string of the molecule is c1ccc(-c2nc(-c3ccc4c(c3)c(-n3c5ccccc5c5cc6ccccc6cc53)cc3oc5ccccc5c34)nc(-c3ccc(-c4ccccc4)c4ccccc34)n2)cc1. The van der Waals surface area contributed by atoms with E-state index in [1.165, 1.54) is 32.7 Å². The third-order valence-electron chi connectivity index (χ3n) is 12.4. The van der Waals surface area contributed by atoms with Crippen molar-refractivity contribution in [1.82, 2.24) is 19.5 Å². The number of hydrogen-bond acceptors (Lipinski definition) is 4. The summed E-state index contributed by atoms with van der Waals surface area (Å²) in [5, 5.41) is 11.4. The molecule has 0 unspecified atom stereocenters. The minimum absolute atomic E-state index is 0.600. The summed E-state index contributed by atoms with van der Waals surface area (Å²) < 4.78 is 9.07. The van der Waals surface area contributed by atoms with Gasteiger partial charge in [-0.05, 0) is 74.5 Å². The summed E-state index contributed by atoms with van der Waals surface area (Å²) in [6, 6.07) is 72.7. The van der Waals surface area contributed by atoms with Crippen molar-refractivity contribution in [1.29, 1.82) is 0 Å². The molecular formula is C57H34N4O. The quantitative estimate of drug-likeness (QED) is 0.174. The largest absolute Gasteiger partial charge is 0.456 e. The van der Waals surface area contributed by atoms with Crippen molar-refractivity contribution in [2.45, 2.75) is 0 Å². The second-order valence-corrected chi connectivity index (χ2v) is 15.9. The van der Waals surface area contributed by atoms with Crippen molar-refractivity contribution in [2.75, 3.05) is 0 Å². The summed E-state index contributed by atoms with van der Waals surface area (Å²) in [4.78, 5) is 15.8. The van der Waals surface area contributed by atoms with Crippen molar-refractivity contribution in [3.8, 4) is 51.0 Å². The Hall–Kier alpha value is -8.41. The van der Waals surface area contributed by atoms with Gasteiger partial charge in [0.25, 0.3) is 0 Å². The maximum absolute atomic E-state index is 6.66. The van der Waals surface area contributed by atoms with Gasteiger partial charge < -0.3 is 8.98 Å². The molecule has 0 atom stereocenters. The number of fused-ring (bicyclic) bond motifs is 10. The van der Waals surface area contributed by atoms with Crippen LogP contribution in [0.5, 0.6) is 0 Å². The van der Waals surface area contributed by atoms with E-state index in [1.54, 1.807) is 0 Å². The summed E-state index contributed by atoms with van der Waals surface area (Å²) in [6.07, 6.45) is 0. The average molecular weight is 791 g/mol. The van der Waals surface area contributed by atoms with Crippen molar-refractivity contribution in [2.24, 2.45) is 0 Å². The minimum atomic E-state index is 0.600. The van der Waals surface area contributed by atoms with Gasteiger partial charge in [-0.3, -0.25) is 0 Å². The topological polar surface area (TPSA) is 56.7 Å². The molecule has 0 spiro atoms. The molecule has 3 heterocycles. The minimum Gasteiger partial charge on any atom is -0.456 e. The summed E-state index contributed by atoms with van der Waals surface area (Å²) in [5.74, 6) is 1.84. The van der Waals surface area contributed by atoms with Gasteiger partial charge in [0.05, 0.1) is 16.7 Å². The van der Waals surface area contributed by atoms with E-state index in [0.29, 0.717) is 17.5 Å². The Balaban J connectivity index is 1.10. The number of benzene rings is 10. The van der Waals surface area contributed by atoms with Crippen LogP contribution in [0.3, 0.4) is 0 Å². The highest BCUT2D eigenvalue weighted by Gasteiger charge is 2.22. The first kappa shape index (κ1) is 34.5. The second-order valence-electron chi connectivity index (χ2n) is 15.9. The van der Waals surface area contributed by atoms with Gasteiger partial charge in [-0.25, -0.2) is 15.0 Å². The van der Waals surface area contributed by atoms with Crippen LogP contribution in [0.15, 0.2) is 211 Å². The zero-order valence-corrected chi connectivity index (χ0v) is 33.3. The van der Waals surface area contributed by atoms with Crippen LogP contribution in [0.1, 0.15) is 0 Å². The zero-order chi connectivity index (χ0) is 40.7. The maximum atomic E-state index is 6.66. The lowest BCUT2D eigenvalue weighted by molar-refractivity contribution is 0.669. The standard InChI is InChI=1S/C57H34N4O/c1-3-15-35(16-4-1)40-29-30-45(42-22-10-9-21-41(40)42)57-59-55(36-17-5-2-6-18-36)58-56(60-57)39-27-28-44-48(32-39)51(34-53-54(44)46-24-12-14-26-52(46)62-53)61-49-25-13-11-23-43(49)47-31-37-19-7-8-20-38(37)33-50(47)61/h1-34H. The second kappa shape index (κ2) is 13.6. The molecule has 10 aromatic carbocycles. The van der Waals surface area contributed by atoms with Gasteiger partial charge >= 0.3 is 0 Å². The lowest BCUT2D eigenvalue weighted by Crippen LogP contribution is -2.01. The number of aromatic nitrogens is 4. The first-order valence-electron chi connectivity index (χ1n) is 20.9. The molecule has 0 saturated carbocycles. The first-order chi connectivity index (χ1) is 30.7. The molecule has 0 saturated heterocycles. The summed E-state index contributed by atoms with van der Waals surface area (Å²) >= 11 is 0. The third kappa shape index (κ3) is 5.32. The number of para-hydroxylation sites is 2. The molecule has 0 amide bonds. The predicted molar refractivity (Wildman–Crippen MR) is 256 cm³/mol. The summed E-state index contributed by atoms with van der Waals surface area (Å²) in [5.41, 5.74) is 10.1. The van der Waals surface area contributed by atoms with Gasteiger partial charge in [-0.2, -0.15) is 0 Å². The molecule has 0 aliphatic rings. The fraction of sp³-hybridized carbons (Fsp3) is 0. The Morgan fingerprint density at radius 1 is 0.323 bits per heavy atom. The first-order valence-corrected chi connectivity index (χ1v) is 20.9. The van der Waals surface area contributed by atoms with Crippen molar-refractivity contribution in [3.05, 3.63) is 206 Å². The molecule has 5 heteroatoms.